The van der Waals surface area contributed by atoms with E-state index in [0.717, 1.165) is 35.3 Å². The zero-order valence-electron chi connectivity index (χ0n) is 13.5. The first-order chi connectivity index (χ1) is 11.8. The largest absolute Gasteiger partial charge is 0.306 e. The number of benzene rings is 2. The zero-order chi connectivity index (χ0) is 16.8. The van der Waals surface area contributed by atoms with Gasteiger partial charge in [-0.3, -0.25) is 0 Å². The molecule has 0 atom stereocenters. The monoisotopic (exact) mass is 334 g/mol. The minimum absolute atomic E-state index is 0.690. The minimum Gasteiger partial charge on any atom is -0.306 e. The van der Waals surface area contributed by atoms with Crippen molar-refractivity contribution >= 4 is 11.8 Å². The standard InChI is InChI=1S/C19H18N4S/c1-2-23-18(12-15-7-4-3-5-8-15)21-22-19(23)24-14-17-10-6-9-16(11-17)13-20/h3-11H,2,12,14H2,1H3. The van der Waals surface area contributed by atoms with E-state index < -0.39 is 0 Å². The van der Waals surface area contributed by atoms with Gasteiger partial charge in [0.05, 0.1) is 11.6 Å². The zero-order valence-corrected chi connectivity index (χ0v) is 14.3. The fourth-order valence-corrected chi connectivity index (χ4v) is 3.50. The van der Waals surface area contributed by atoms with E-state index in [9.17, 15) is 0 Å². The van der Waals surface area contributed by atoms with Gasteiger partial charge in [-0.05, 0) is 30.2 Å². The van der Waals surface area contributed by atoms with Gasteiger partial charge in [-0.25, -0.2) is 0 Å². The molecule has 0 spiro atoms. The summed E-state index contributed by atoms with van der Waals surface area (Å²) >= 11 is 1.66. The topological polar surface area (TPSA) is 54.5 Å². The Hall–Kier alpha value is -2.58. The molecular weight excluding hydrogens is 316 g/mol. The highest BCUT2D eigenvalue weighted by Crippen LogP contribution is 2.23. The van der Waals surface area contributed by atoms with E-state index >= 15 is 0 Å². The number of nitrogens with zero attached hydrogens (tertiary/aromatic N) is 4. The fraction of sp³-hybridized carbons (Fsp3) is 0.211. The van der Waals surface area contributed by atoms with Crippen molar-refractivity contribution in [2.75, 3.05) is 0 Å². The highest BCUT2D eigenvalue weighted by molar-refractivity contribution is 7.98. The van der Waals surface area contributed by atoms with Gasteiger partial charge in [0.1, 0.15) is 5.82 Å². The van der Waals surface area contributed by atoms with Crippen LogP contribution in [0, 0.1) is 11.3 Å². The van der Waals surface area contributed by atoms with E-state index in [4.69, 9.17) is 5.26 Å². The molecule has 0 saturated carbocycles. The minimum atomic E-state index is 0.690. The molecule has 0 unspecified atom stereocenters. The highest BCUT2D eigenvalue weighted by Gasteiger charge is 2.12. The van der Waals surface area contributed by atoms with E-state index in [0.29, 0.717) is 5.56 Å². The normalized spacial score (nSPS) is 10.5. The number of aromatic nitrogens is 3. The van der Waals surface area contributed by atoms with Crippen LogP contribution in [0.1, 0.15) is 29.4 Å². The molecule has 0 aliphatic heterocycles. The number of hydrogen-bond acceptors (Lipinski definition) is 4. The quantitative estimate of drug-likeness (QED) is 0.638. The van der Waals surface area contributed by atoms with E-state index in [1.54, 1.807) is 11.8 Å². The molecule has 5 heteroatoms. The van der Waals surface area contributed by atoms with Crippen LogP contribution in [0.2, 0.25) is 0 Å². The van der Waals surface area contributed by atoms with Gasteiger partial charge in [0, 0.05) is 18.7 Å². The Bertz CT molecular complexity index is 849. The van der Waals surface area contributed by atoms with Crippen LogP contribution in [0.15, 0.2) is 59.8 Å². The maximum absolute atomic E-state index is 8.99. The van der Waals surface area contributed by atoms with Crippen LogP contribution in [0.4, 0.5) is 0 Å². The number of rotatable bonds is 6. The number of hydrogen-bond donors (Lipinski definition) is 0. The molecule has 0 N–H and O–H groups in total. The van der Waals surface area contributed by atoms with Crippen molar-refractivity contribution in [3.8, 4) is 6.07 Å². The summed E-state index contributed by atoms with van der Waals surface area (Å²) in [6, 6.07) is 20.2. The lowest BCUT2D eigenvalue weighted by Crippen LogP contribution is -2.04. The maximum Gasteiger partial charge on any atom is 0.191 e. The second kappa shape index (κ2) is 7.80. The number of thioether (sulfide) groups is 1. The third kappa shape index (κ3) is 3.84. The summed E-state index contributed by atoms with van der Waals surface area (Å²) in [5.74, 6) is 1.76. The molecular formula is C19H18N4S. The molecule has 0 saturated heterocycles. The molecule has 24 heavy (non-hydrogen) atoms. The van der Waals surface area contributed by atoms with Crippen molar-refractivity contribution in [3.63, 3.8) is 0 Å². The van der Waals surface area contributed by atoms with Crippen molar-refractivity contribution in [3.05, 3.63) is 77.1 Å². The van der Waals surface area contributed by atoms with Gasteiger partial charge in [0.15, 0.2) is 5.16 Å². The van der Waals surface area contributed by atoms with Crippen LogP contribution in [0.25, 0.3) is 0 Å². The van der Waals surface area contributed by atoms with Crippen molar-refractivity contribution in [2.24, 2.45) is 0 Å². The lowest BCUT2D eigenvalue weighted by Gasteiger charge is -2.07. The summed E-state index contributed by atoms with van der Waals surface area (Å²) in [5, 5.41) is 18.6. The smallest absolute Gasteiger partial charge is 0.191 e. The second-order valence-corrected chi connectivity index (χ2v) is 6.35. The van der Waals surface area contributed by atoms with Crippen LogP contribution in [-0.2, 0) is 18.7 Å². The van der Waals surface area contributed by atoms with Crippen LogP contribution in [-0.4, -0.2) is 14.8 Å². The maximum atomic E-state index is 8.99. The molecule has 1 aromatic heterocycles. The van der Waals surface area contributed by atoms with Gasteiger partial charge < -0.3 is 4.57 Å². The Morgan fingerprint density at radius 3 is 2.58 bits per heavy atom. The second-order valence-electron chi connectivity index (χ2n) is 5.41. The highest BCUT2D eigenvalue weighted by atomic mass is 32.2. The van der Waals surface area contributed by atoms with E-state index in [2.05, 4.69) is 39.9 Å². The van der Waals surface area contributed by atoms with Crippen molar-refractivity contribution < 1.29 is 0 Å². The average molecular weight is 334 g/mol. The molecule has 0 aliphatic rings. The van der Waals surface area contributed by atoms with Crippen LogP contribution in [0.5, 0.6) is 0 Å². The molecule has 3 rings (SSSR count). The van der Waals surface area contributed by atoms with Crippen LogP contribution < -0.4 is 0 Å². The predicted octanol–water partition coefficient (Wildman–Crippen LogP) is 4.05. The van der Waals surface area contributed by atoms with Crippen molar-refractivity contribution in [1.82, 2.24) is 14.8 Å². The molecule has 2 aromatic carbocycles. The van der Waals surface area contributed by atoms with Gasteiger partial charge >= 0.3 is 0 Å². The summed E-state index contributed by atoms with van der Waals surface area (Å²) in [5.41, 5.74) is 3.04. The van der Waals surface area contributed by atoms with E-state index in [1.807, 2.05) is 42.5 Å². The first kappa shape index (κ1) is 16.3. The molecule has 3 aromatic rings. The first-order valence-corrected chi connectivity index (χ1v) is 8.86. The summed E-state index contributed by atoms with van der Waals surface area (Å²) in [4.78, 5) is 0. The number of nitriles is 1. The molecule has 0 bridgehead atoms. The Kier molecular flexibility index (Phi) is 5.29. The van der Waals surface area contributed by atoms with Gasteiger partial charge in [-0.15, -0.1) is 10.2 Å². The lowest BCUT2D eigenvalue weighted by molar-refractivity contribution is 0.651. The SMILES string of the molecule is CCn1c(Cc2ccccc2)nnc1SCc1cccc(C#N)c1. The Labute approximate surface area is 146 Å². The summed E-state index contributed by atoms with van der Waals surface area (Å²) in [6.45, 7) is 2.95. The molecule has 4 nitrogen and oxygen atoms in total. The van der Waals surface area contributed by atoms with Gasteiger partial charge in [-0.2, -0.15) is 5.26 Å². The Morgan fingerprint density at radius 2 is 1.83 bits per heavy atom. The van der Waals surface area contributed by atoms with Crippen LogP contribution in [0.3, 0.4) is 0 Å². The van der Waals surface area contributed by atoms with Gasteiger partial charge in [0.25, 0.3) is 0 Å². The molecule has 1 heterocycles. The van der Waals surface area contributed by atoms with E-state index in [1.165, 1.54) is 5.56 Å². The molecule has 0 aliphatic carbocycles. The fourth-order valence-electron chi connectivity index (χ4n) is 2.53. The molecule has 0 amide bonds. The van der Waals surface area contributed by atoms with Gasteiger partial charge in [-0.1, -0.05) is 54.2 Å². The Morgan fingerprint density at radius 1 is 1.04 bits per heavy atom. The van der Waals surface area contributed by atoms with Gasteiger partial charge in [0.2, 0.25) is 0 Å². The Balaban J connectivity index is 1.73. The summed E-state index contributed by atoms with van der Waals surface area (Å²) in [6.07, 6.45) is 0.784. The first-order valence-electron chi connectivity index (χ1n) is 7.88. The van der Waals surface area contributed by atoms with Crippen LogP contribution >= 0.6 is 11.8 Å². The average Bonchev–Trinajstić information content (AvgIpc) is 3.02. The van der Waals surface area contributed by atoms with Crippen molar-refractivity contribution in [1.29, 1.82) is 5.26 Å². The summed E-state index contributed by atoms with van der Waals surface area (Å²) in [7, 11) is 0. The van der Waals surface area contributed by atoms with Crippen molar-refractivity contribution in [2.45, 2.75) is 30.8 Å². The lowest BCUT2D eigenvalue weighted by atomic mass is 10.1. The summed E-state index contributed by atoms with van der Waals surface area (Å²) < 4.78 is 2.16. The molecule has 0 radical (unpaired) electrons. The predicted molar refractivity (Wildman–Crippen MR) is 95.7 cm³/mol. The molecule has 120 valence electrons. The van der Waals surface area contributed by atoms with E-state index in [-0.39, 0.29) is 0 Å². The third-order valence-corrected chi connectivity index (χ3v) is 4.78. The molecule has 0 fully saturated rings. The third-order valence-electron chi connectivity index (χ3n) is 3.74.